The van der Waals surface area contributed by atoms with E-state index in [0.717, 1.165) is 13.0 Å². The van der Waals surface area contributed by atoms with Crippen molar-refractivity contribution in [3.63, 3.8) is 0 Å². The van der Waals surface area contributed by atoms with E-state index >= 15 is 0 Å². The molecule has 2 aliphatic heterocycles. The highest BCUT2D eigenvalue weighted by atomic mass is 19.1. The predicted octanol–water partition coefficient (Wildman–Crippen LogP) is 1.52. The van der Waals surface area contributed by atoms with Crippen molar-refractivity contribution >= 4 is 5.78 Å². The van der Waals surface area contributed by atoms with Gasteiger partial charge in [0.2, 0.25) is 0 Å². The Bertz CT molecular complexity index is 452. The lowest BCUT2D eigenvalue weighted by atomic mass is 9.89. The molecule has 2 heterocycles. The van der Waals surface area contributed by atoms with Crippen LogP contribution in [0.15, 0.2) is 18.2 Å². The maximum atomic E-state index is 13.0. The molecule has 1 fully saturated rings. The summed E-state index contributed by atoms with van der Waals surface area (Å²) in [6, 6.07) is 4.13. The second kappa shape index (κ2) is 3.28. The lowest BCUT2D eigenvalue weighted by molar-refractivity contribution is 0.0527. The number of Topliss-reactive ketones (excluding diaryl/α,β-unsaturated/α-hetero) is 1. The van der Waals surface area contributed by atoms with E-state index in [0.29, 0.717) is 24.3 Å². The second-order valence-electron chi connectivity index (χ2n) is 4.45. The Kier molecular flexibility index (Phi) is 2.01. The topological polar surface area (TPSA) is 38.3 Å². The molecule has 3 nitrogen and oxygen atoms in total. The third-order valence-corrected chi connectivity index (χ3v) is 3.26. The van der Waals surface area contributed by atoms with Gasteiger partial charge in [0.1, 0.15) is 17.2 Å². The van der Waals surface area contributed by atoms with Crippen LogP contribution in [0.2, 0.25) is 0 Å². The lowest BCUT2D eigenvalue weighted by Crippen LogP contribution is -2.43. The van der Waals surface area contributed by atoms with Crippen LogP contribution < -0.4 is 10.1 Å². The molecular weight excluding hydrogens is 209 g/mol. The van der Waals surface area contributed by atoms with Gasteiger partial charge in [-0.25, -0.2) is 4.39 Å². The van der Waals surface area contributed by atoms with Crippen molar-refractivity contribution < 1.29 is 13.9 Å². The van der Waals surface area contributed by atoms with Crippen LogP contribution in [0.4, 0.5) is 4.39 Å². The summed E-state index contributed by atoms with van der Waals surface area (Å²) >= 11 is 0. The standard InChI is InChI=1S/C12H12FNO2/c13-8-1-2-11-9(5-8)10(15)6-12(16-11)3-4-14-7-12/h1-2,5,14H,3-4,6-7H2/t12-/m0/s1. The number of carbonyl (C=O) groups excluding carboxylic acids is 1. The third-order valence-electron chi connectivity index (χ3n) is 3.26. The van der Waals surface area contributed by atoms with Crippen LogP contribution in [0.3, 0.4) is 0 Å². The van der Waals surface area contributed by atoms with Gasteiger partial charge in [-0.1, -0.05) is 0 Å². The van der Waals surface area contributed by atoms with E-state index in [9.17, 15) is 9.18 Å². The summed E-state index contributed by atoms with van der Waals surface area (Å²) in [5.74, 6) is 0.0991. The van der Waals surface area contributed by atoms with Crippen LogP contribution in [0.25, 0.3) is 0 Å². The Balaban J connectivity index is 2.02. The molecule has 0 unspecified atom stereocenters. The molecule has 2 aliphatic rings. The fraction of sp³-hybridized carbons (Fsp3) is 0.417. The molecule has 0 saturated carbocycles. The third kappa shape index (κ3) is 1.41. The molecule has 0 aliphatic carbocycles. The number of rotatable bonds is 0. The molecule has 1 atom stereocenters. The zero-order valence-electron chi connectivity index (χ0n) is 8.75. The van der Waals surface area contributed by atoms with E-state index in [2.05, 4.69) is 5.32 Å². The molecule has 84 valence electrons. The summed E-state index contributed by atoms with van der Waals surface area (Å²) in [7, 11) is 0. The van der Waals surface area contributed by atoms with E-state index in [1.54, 1.807) is 6.07 Å². The van der Waals surface area contributed by atoms with Crippen LogP contribution in [0.1, 0.15) is 23.2 Å². The molecule has 3 rings (SSSR count). The van der Waals surface area contributed by atoms with Gasteiger partial charge < -0.3 is 10.1 Å². The van der Waals surface area contributed by atoms with Gasteiger partial charge in [-0.2, -0.15) is 0 Å². The molecule has 1 saturated heterocycles. The van der Waals surface area contributed by atoms with Crippen LogP contribution in [0.5, 0.6) is 5.75 Å². The Morgan fingerprint density at radius 2 is 2.31 bits per heavy atom. The number of ketones is 1. The van der Waals surface area contributed by atoms with E-state index in [-0.39, 0.29) is 5.78 Å². The Hall–Kier alpha value is -1.42. The van der Waals surface area contributed by atoms with Crippen LogP contribution in [-0.2, 0) is 0 Å². The Morgan fingerprint density at radius 1 is 1.44 bits per heavy atom. The van der Waals surface area contributed by atoms with Crippen molar-refractivity contribution in [2.75, 3.05) is 13.1 Å². The normalized spacial score (nSPS) is 27.9. The molecule has 0 aromatic heterocycles. The van der Waals surface area contributed by atoms with E-state index in [4.69, 9.17) is 4.74 Å². The molecule has 1 aromatic carbocycles. The Labute approximate surface area is 92.6 Å². The molecule has 0 amide bonds. The minimum absolute atomic E-state index is 0.0237. The predicted molar refractivity (Wildman–Crippen MR) is 56.2 cm³/mol. The summed E-state index contributed by atoms with van der Waals surface area (Å²) < 4.78 is 18.9. The minimum Gasteiger partial charge on any atom is -0.485 e. The largest absolute Gasteiger partial charge is 0.485 e. The monoisotopic (exact) mass is 221 g/mol. The van der Waals surface area contributed by atoms with Gasteiger partial charge in [0, 0.05) is 13.0 Å². The maximum Gasteiger partial charge on any atom is 0.170 e. The molecule has 0 bridgehead atoms. The smallest absolute Gasteiger partial charge is 0.170 e. The molecule has 1 N–H and O–H groups in total. The second-order valence-corrected chi connectivity index (χ2v) is 4.45. The average Bonchev–Trinajstić information content (AvgIpc) is 2.68. The van der Waals surface area contributed by atoms with Crippen LogP contribution in [-0.4, -0.2) is 24.5 Å². The minimum atomic E-state index is -0.401. The summed E-state index contributed by atoms with van der Waals surface area (Å²) in [6.45, 7) is 1.55. The zero-order valence-corrected chi connectivity index (χ0v) is 8.75. The van der Waals surface area contributed by atoms with Gasteiger partial charge in [0.25, 0.3) is 0 Å². The van der Waals surface area contributed by atoms with Crippen LogP contribution >= 0.6 is 0 Å². The number of carbonyl (C=O) groups is 1. The number of fused-ring (bicyclic) bond motifs is 1. The van der Waals surface area contributed by atoms with E-state index < -0.39 is 11.4 Å². The number of halogens is 1. The molecule has 0 radical (unpaired) electrons. The first-order valence-corrected chi connectivity index (χ1v) is 5.41. The van der Waals surface area contributed by atoms with Crippen molar-refractivity contribution in [2.24, 2.45) is 0 Å². The molecule has 16 heavy (non-hydrogen) atoms. The van der Waals surface area contributed by atoms with Crippen molar-refractivity contribution in [1.82, 2.24) is 5.32 Å². The number of benzene rings is 1. The lowest BCUT2D eigenvalue weighted by Gasteiger charge is -2.33. The van der Waals surface area contributed by atoms with Crippen molar-refractivity contribution in [2.45, 2.75) is 18.4 Å². The zero-order chi connectivity index (χ0) is 11.2. The number of ether oxygens (including phenoxy) is 1. The maximum absolute atomic E-state index is 13.0. The molecule has 1 spiro atoms. The SMILES string of the molecule is O=C1C[C@]2(CCNC2)Oc2ccc(F)cc21. The number of hydrogen-bond acceptors (Lipinski definition) is 3. The summed E-state index contributed by atoms with van der Waals surface area (Å²) in [4.78, 5) is 11.9. The highest BCUT2D eigenvalue weighted by molar-refractivity contribution is 6.00. The first kappa shape index (κ1) is 9.78. The fourth-order valence-corrected chi connectivity index (χ4v) is 2.43. The molecule has 4 heteroatoms. The highest BCUT2D eigenvalue weighted by Crippen LogP contribution is 2.36. The van der Waals surface area contributed by atoms with Gasteiger partial charge in [-0.3, -0.25) is 4.79 Å². The highest BCUT2D eigenvalue weighted by Gasteiger charge is 2.42. The first-order chi connectivity index (χ1) is 7.69. The van der Waals surface area contributed by atoms with Gasteiger partial charge in [0.15, 0.2) is 5.78 Å². The summed E-state index contributed by atoms with van der Waals surface area (Å²) in [5, 5.41) is 3.19. The summed E-state index contributed by atoms with van der Waals surface area (Å²) in [6.07, 6.45) is 1.17. The van der Waals surface area contributed by atoms with Gasteiger partial charge in [-0.15, -0.1) is 0 Å². The fourth-order valence-electron chi connectivity index (χ4n) is 2.43. The van der Waals surface area contributed by atoms with E-state index in [1.807, 2.05) is 0 Å². The van der Waals surface area contributed by atoms with Crippen molar-refractivity contribution in [3.8, 4) is 5.75 Å². The van der Waals surface area contributed by atoms with Gasteiger partial charge in [-0.05, 0) is 24.7 Å². The average molecular weight is 221 g/mol. The van der Waals surface area contributed by atoms with Gasteiger partial charge in [0.05, 0.1) is 12.0 Å². The van der Waals surface area contributed by atoms with Crippen molar-refractivity contribution in [1.29, 1.82) is 0 Å². The van der Waals surface area contributed by atoms with Gasteiger partial charge >= 0.3 is 0 Å². The summed E-state index contributed by atoms with van der Waals surface area (Å²) in [5.41, 5.74) is -0.0282. The quantitative estimate of drug-likeness (QED) is 0.722. The van der Waals surface area contributed by atoms with E-state index in [1.165, 1.54) is 12.1 Å². The number of hydrogen-bond donors (Lipinski definition) is 1. The molecular formula is C12H12FNO2. The Morgan fingerprint density at radius 3 is 3.06 bits per heavy atom. The first-order valence-electron chi connectivity index (χ1n) is 5.41. The van der Waals surface area contributed by atoms with Crippen LogP contribution in [0, 0.1) is 5.82 Å². The molecule has 1 aromatic rings. The number of nitrogens with one attached hydrogen (secondary N) is 1. The van der Waals surface area contributed by atoms with Crippen molar-refractivity contribution in [3.05, 3.63) is 29.6 Å².